The van der Waals surface area contributed by atoms with Crippen molar-refractivity contribution in [2.24, 2.45) is 5.92 Å². The van der Waals surface area contributed by atoms with Gasteiger partial charge in [-0.05, 0) is 35.9 Å². The second-order valence-corrected chi connectivity index (χ2v) is 4.63. The molecule has 1 aromatic carbocycles. The summed E-state index contributed by atoms with van der Waals surface area (Å²) in [6.07, 6.45) is 6.22. The van der Waals surface area contributed by atoms with Crippen molar-refractivity contribution >= 4 is 10.9 Å². The molecule has 0 saturated heterocycles. The van der Waals surface area contributed by atoms with E-state index in [1.54, 1.807) is 0 Å². The standard InChI is InChI=1S/C14H14N2/c15-10-12-3-4-13-6-8-16(14(13)9-12)7-5-11-1-2-11/h3-4,6,8-9,11H,1-2,5,7H2. The first-order valence-electron chi connectivity index (χ1n) is 5.86. The summed E-state index contributed by atoms with van der Waals surface area (Å²) >= 11 is 0. The lowest BCUT2D eigenvalue weighted by molar-refractivity contribution is 0.611. The van der Waals surface area contributed by atoms with Crippen molar-refractivity contribution in [3.8, 4) is 6.07 Å². The maximum Gasteiger partial charge on any atom is 0.0992 e. The van der Waals surface area contributed by atoms with Crippen LogP contribution < -0.4 is 0 Å². The maximum absolute atomic E-state index is 8.89. The lowest BCUT2D eigenvalue weighted by atomic mass is 10.2. The normalized spacial score (nSPS) is 15.2. The van der Waals surface area contributed by atoms with E-state index in [1.165, 1.54) is 30.2 Å². The Kier molecular flexibility index (Phi) is 2.18. The van der Waals surface area contributed by atoms with E-state index in [4.69, 9.17) is 5.26 Å². The topological polar surface area (TPSA) is 28.7 Å². The van der Waals surface area contributed by atoms with Crippen molar-refractivity contribution in [1.82, 2.24) is 4.57 Å². The molecule has 1 saturated carbocycles. The highest BCUT2D eigenvalue weighted by Crippen LogP contribution is 2.33. The second kappa shape index (κ2) is 3.68. The highest BCUT2D eigenvalue weighted by atomic mass is 14.9. The Bertz CT molecular complexity index is 556. The number of benzene rings is 1. The Morgan fingerprint density at radius 1 is 1.31 bits per heavy atom. The molecular formula is C14H14N2. The largest absolute Gasteiger partial charge is 0.347 e. The van der Waals surface area contributed by atoms with E-state index in [0.717, 1.165) is 18.0 Å². The van der Waals surface area contributed by atoms with Crippen molar-refractivity contribution < 1.29 is 0 Å². The number of fused-ring (bicyclic) bond motifs is 1. The lowest BCUT2D eigenvalue weighted by Crippen LogP contribution is -1.96. The zero-order valence-electron chi connectivity index (χ0n) is 9.19. The van der Waals surface area contributed by atoms with E-state index in [2.05, 4.69) is 22.9 Å². The van der Waals surface area contributed by atoms with Gasteiger partial charge in [-0.1, -0.05) is 18.9 Å². The summed E-state index contributed by atoms with van der Waals surface area (Å²) in [5, 5.41) is 10.1. The summed E-state index contributed by atoms with van der Waals surface area (Å²) in [6, 6.07) is 10.2. The number of hydrogen-bond donors (Lipinski definition) is 0. The molecule has 0 N–H and O–H groups in total. The van der Waals surface area contributed by atoms with Gasteiger partial charge in [0.2, 0.25) is 0 Å². The van der Waals surface area contributed by atoms with Crippen molar-refractivity contribution in [2.45, 2.75) is 25.8 Å². The van der Waals surface area contributed by atoms with E-state index in [0.29, 0.717) is 0 Å². The molecule has 3 rings (SSSR count). The minimum atomic E-state index is 0.749. The smallest absolute Gasteiger partial charge is 0.0992 e. The van der Waals surface area contributed by atoms with Crippen LogP contribution in [0, 0.1) is 17.2 Å². The molecule has 0 aliphatic heterocycles. The Hall–Kier alpha value is -1.75. The third-order valence-electron chi connectivity index (χ3n) is 3.38. The van der Waals surface area contributed by atoms with Crippen LogP contribution in [-0.4, -0.2) is 4.57 Å². The molecule has 1 aliphatic rings. The van der Waals surface area contributed by atoms with Crippen molar-refractivity contribution in [3.63, 3.8) is 0 Å². The average Bonchev–Trinajstić information content (AvgIpc) is 3.06. The predicted octanol–water partition coefficient (Wildman–Crippen LogP) is 3.31. The Balaban J connectivity index is 1.93. The highest BCUT2D eigenvalue weighted by Gasteiger charge is 2.20. The quantitative estimate of drug-likeness (QED) is 0.764. The van der Waals surface area contributed by atoms with Crippen molar-refractivity contribution in [3.05, 3.63) is 36.0 Å². The molecule has 80 valence electrons. The SMILES string of the molecule is N#Cc1ccc2ccn(CCC3CC3)c2c1. The third-order valence-corrected chi connectivity index (χ3v) is 3.38. The summed E-state index contributed by atoms with van der Waals surface area (Å²) in [5.74, 6) is 0.955. The summed E-state index contributed by atoms with van der Waals surface area (Å²) in [6.45, 7) is 1.09. The van der Waals surface area contributed by atoms with E-state index < -0.39 is 0 Å². The van der Waals surface area contributed by atoms with Gasteiger partial charge in [0.05, 0.1) is 11.6 Å². The molecule has 0 atom stereocenters. The second-order valence-electron chi connectivity index (χ2n) is 4.63. The van der Waals surface area contributed by atoms with Gasteiger partial charge < -0.3 is 4.57 Å². The zero-order chi connectivity index (χ0) is 11.0. The lowest BCUT2D eigenvalue weighted by Gasteiger charge is -2.04. The summed E-state index contributed by atoms with van der Waals surface area (Å²) < 4.78 is 2.27. The summed E-state index contributed by atoms with van der Waals surface area (Å²) in [4.78, 5) is 0. The molecule has 1 fully saturated rings. The fourth-order valence-corrected chi connectivity index (χ4v) is 2.18. The third kappa shape index (κ3) is 1.69. The van der Waals surface area contributed by atoms with Gasteiger partial charge >= 0.3 is 0 Å². The molecule has 0 unspecified atom stereocenters. The molecular weight excluding hydrogens is 196 g/mol. The molecule has 2 aromatic rings. The van der Waals surface area contributed by atoms with E-state index in [1.807, 2.05) is 18.2 Å². The number of aryl methyl sites for hydroxylation is 1. The Labute approximate surface area is 95.1 Å². The maximum atomic E-state index is 8.89. The van der Waals surface area contributed by atoms with Crippen LogP contribution in [-0.2, 0) is 6.54 Å². The van der Waals surface area contributed by atoms with E-state index >= 15 is 0 Å². The van der Waals surface area contributed by atoms with Crippen LogP contribution in [0.5, 0.6) is 0 Å². The molecule has 1 aliphatic carbocycles. The first-order valence-corrected chi connectivity index (χ1v) is 5.86. The van der Waals surface area contributed by atoms with Crippen LogP contribution >= 0.6 is 0 Å². The number of rotatable bonds is 3. The fourth-order valence-electron chi connectivity index (χ4n) is 2.18. The van der Waals surface area contributed by atoms with Gasteiger partial charge in [0.1, 0.15) is 0 Å². The molecule has 0 amide bonds. The van der Waals surface area contributed by atoms with E-state index in [-0.39, 0.29) is 0 Å². The molecule has 0 spiro atoms. The Morgan fingerprint density at radius 3 is 2.94 bits per heavy atom. The summed E-state index contributed by atoms with van der Waals surface area (Å²) in [5.41, 5.74) is 1.94. The van der Waals surface area contributed by atoms with Gasteiger partial charge in [-0.25, -0.2) is 0 Å². The van der Waals surface area contributed by atoms with Gasteiger partial charge in [0.25, 0.3) is 0 Å². The minimum absolute atomic E-state index is 0.749. The molecule has 0 bridgehead atoms. The van der Waals surface area contributed by atoms with Gasteiger partial charge in [-0.15, -0.1) is 0 Å². The summed E-state index contributed by atoms with van der Waals surface area (Å²) in [7, 11) is 0. The van der Waals surface area contributed by atoms with Crippen molar-refractivity contribution in [2.75, 3.05) is 0 Å². The van der Waals surface area contributed by atoms with Gasteiger partial charge in [-0.2, -0.15) is 5.26 Å². The molecule has 1 heterocycles. The molecule has 1 aromatic heterocycles. The van der Waals surface area contributed by atoms with Gasteiger partial charge in [-0.3, -0.25) is 0 Å². The number of nitrogens with zero attached hydrogens (tertiary/aromatic N) is 2. The first-order chi connectivity index (χ1) is 7.86. The Morgan fingerprint density at radius 2 is 2.19 bits per heavy atom. The van der Waals surface area contributed by atoms with Crippen LogP contribution in [0.3, 0.4) is 0 Å². The average molecular weight is 210 g/mol. The van der Waals surface area contributed by atoms with Crippen LogP contribution in [0.25, 0.3) is 10.9 Å². The molecule has 2 nitrogen and oxygen atoms in total. The van der Waals surface area contributed by atoms with Crippen LogP contribution in [0.4, 0.5) is 0 Å². The highest BCUT2D eigenvalue weighted by molar-refractivity contribution is 5.81. The number of hydrogen-bond acceptors (Lipinski definition) is 1. The van der Waals surface area contributed by atoms with Gasteiger partial charge in [0.15, 0.2) is 0 Å². The fraction of sp³-hybridized carbons (Fsp3) is 0.357. The molecule has 16 heavy (non-hydrogen) atoms. The molecule has 2 heteroatoms. The van der Waals surface area contributed by atoms with E-state index in [9.17, 15) is 0 Å². The number of aromatic nitrogens is 1. The molecule has 0 radical (unpaired) electrons. The number of nitriles is 1. The first kappa shape index (κ1) is 9.47. The van der Waals surface area contributed by atoms with Crippen LogP contribution in [0.15, 0.2) is 30.5 Å². The van der Waals surface area contributed by atoms with Crippen molar-refractivity contribution in [1.29, 1.82) is 5.26 Å². The zero-order valence-corrected chi connectivity index (χ0v) is 9.19. The minimum Gasteiger partial charge on any atom is -0.347 e. The van der Waals surface area contributed by atoms with Crippen LogP contribution in [0.1, 0.15) is 24.8 Å². The van der Waals surface area contributed by atoms with Crippen LogP contribution in [0.2, 0.25) is 0 Å². The van der Waals surface area contributed by atoms with Gasteiger partial charge in [0, 0.05) is 18.3 Å². The predicted molar refractivity (Wildman–Crippen MR) is 64.0 cm³/mol. The monoisotopic (exact) mass is 210 g/mol.